The van der Waals surface area contributed by atoms with Crippen molar-refractivity contribution in [1.82, 2.24) is 19.9 Å². The van der Waals surface area contributed by atoms with E-state index in [1.165, 1.54) is 6.20 Å². The first-order valence-electron chi connectivity index (χ1n) is 9.77. The molecule has 0 aliphatic carbocycles. The lowest BCUT2D eigenvalue weighted by molar-refractivity contribution is 0.0963. The molecule has 0 spiro atoms. The van der Waals surface area contributed by atoms with Crippen LogP contribution in [0.15, 0.2) is 72.9 Å². The Labute approximate surface area is 174 Å². The third-order valence-electron chi connectivity index (χ3n) is 4.91. The van der Waals surface area contributed by atoms with Crippen molar-refractivity contribution >= 4 is 17.4 Å². The van der Waals surface area contributed by atoms with Crippen LogP contribution >= 0.6 is 0 Å². The van der Waals surface area contributed by atoms with Crippen LogP contribution in [0, 0.1) is 0 Å². The number of benzene rings is 2. The van der Waals surface area contributed by atoms with Crippen molar-refractivity contribution in [2.24, 2.45) is 0 Å². The summed E-state index contributed by atoms with van der Waals surface area (Å²) >= 11 is 0. The SMILES string of the molecule is CNC(=O)c1cnc2cc(-c3ccccc3)nn2c1NC(CO)Cc1ccccc1. The minimum atomic E-state index is -0.300. The van der Waals surface area contributed by atoms with Crippen LogP contribution in [0.5, 0.6) is 0 Å². The van der Waals surface area contributed by atoms with Gasteiger partial charge in [0.25, 0.3) is 5.91 Å². The monoisotopic (exact) mass is 401 g/mol. The van der Waals surface area contributed by atoms with Crippen molar-refractivity contribution in [3.05, 3.63) is 84.1 Å². The Morgan fingerprint density at radius 3 is 2.47 bits per heavy atom. The van der Waals surface area contributed by atoms with Gasteiger partial charge >= 0.3 is 0 Å². The molecule has 0 saturated heterocycles. The summed E-state index contributed by atoms with van der Waals surface area (Å²) in [6.45, 7) is -0.0985. The summed E-state index contributed by atoms with van der Waals surface area (Å²) in [5.74, 6) is 0.219. The van der Waals surface area contributed by atoms with E-state index in [9.17, 15) is 9.90 Å². The van der Waals surface area contributed by atoms with Gasteiger partial charge in [0.1, 0.15) is 11.4 Å². The second kappa shape index (κ2) is 8.75. The fraction of sp³-hybridized carbons (Fsp3) is 0.174. The molecule has 1 atom stereocenters. The van der Waals surface area contributed by atoms with E-state index >= 15 is 0 Å². The number of carbonyl (C=O) groups excluding carboxylic acids is 1. The first kappa shape index (κ1) is 19.6. The van der Waals surface area contributed by atoms with Crippen LogP contribution < -0.4 is 10.6 Å². The van der Waals surface area contributed by atoms with Gasteiger partial charge in [0.2, 0.25) is 0 Å². The number of anilines is 1. The Morgan fingerprint density at radius 2 is 1.80 bits per heavy atom. The first-order chi connectivity index (χ1) is 14.7. The second-order valence-electron chi connectivity index (χ2n) is 6.98. The average molecular weight is 401 g/mol. The lowest BCUT2D eigenvalue weighted by Gasteiger charge is -2.20. The summed E-state index contributed by atoms with van der Waals surface area (Å²) in [5, 5.41) is 20.6. The molecular formula is C23H23N5O2. The van der Waals surface area contributed by atoms with Gasteiger partial charge in [-0.3, -0.25) is 4.79 Å². The summed E-state index contributed by atoms with van der Waals surface area (Å²) < 4.78 is 1.63. The van der Waals surface area contributed by atoms with Crippen LogP contribution in [0.1, 0.15) is 15.9 Å². The van der Waals surface area contributed by atoms with Crippen molar-refractivity contribution in [2.75, 3.05) is 19.0 Å². The van der Waals surface area contributed by atoms with E-state index in [2.05, 4.69) is 20.7 Å². The maximum absolute atomic E-state index is 12.5. The summed E-state index contributed by atoms with van der Waals surface area (Å²) in [5.41, 5.74) is 3.77. The number of hydrogen-bond acceptors (Lipinski definition) is 5. The fourth-order valence-electron chi connectivity index (χ4n) is 3.38. The molecule has 152 valence electrons. The molecule has 0 saturated carbocycles. The molecule has 2 heterocycles. The van der Waals surface area contributed by atoms with E-state index in [1.807, 2.05) is 66.7 Å². The Balaban J connectivity index is 1.76. The Kier molecular flexibility index (Phi) is 5.72. The smallest absolute Gasteiger partial charge is 0.256 e. The Hall–Kier alpha value is -3.71. The highest BCUT2D eigenvalue weighted by Gasteiger charge is 2.20. The zero-order valence-electron chi connectivity index (χ0n) is 16.6. The number of aromatic nitrogens is 3. The summed E-state index contributed by atoms with van der Waals surface area (Å²) in [6, 6.07) is 21.3. The van der Waals surface area contributed by atoms with Crippen LogP contribution in [0.25, 0.3) is 16.9 Å². The summed E-state index contributed by atoms with van der Waals surface area (Å²) in [6.07, 6.45) is 2.13. The molecule has 3 N–H and O–H groups in total. The van der Waals surface area contributed by atoms with Crippen LogP contribution in [-0.2, 0) is 6.42 Å². The number of nitrogens with zero attached hydrogens (tertiary/aromatic N) is 3. The quantitative estimate of drug-likeness (QED) is 0.443. The first-order valence-corrected chi connectivity index (χ1v) is 9.77. The molecule has 0 radical (unpaired) electrons. The van der Waals surface area contributed by atoms with Crippen molar-refractivity contribution in [3.8, 4) is 11.3 Å². The van der Waals surface area contributed by atoms with Gasteiger partial charge in [-0.2, -0.15) is 9.61 Å². The molecule has 2 aromatic heterocycles. The zero-order valence-corrected chi connectivity index (χ0v) is 16.6. The highest BCUT2D eigenvalue weighted by atomic mass is 16.3. The minimum Gasteiger partial charge on any atom is -0.394 e. The van der Waals surface area contributed by atoms with Crippen LogP contribution in [0.4, 0.5) is 5.82 Å². The average Bonchev–Trinajstić information content (AvgIpc) is 3.24. The maximum atomic E-state index is 12.5. The zero-order chi connectivity index (χ0) is 20.9. The molecule has 0 aliphatic heterocycles. The van der Waals surface area contributed by atoms with Crippen LogP contribution in [0.2, 0.25) is 0 Å². The molecule has 0 bridgehead atoms. The Morgan fingerprint density at radius 1 is 1.10 bits per heavy atom. The molecular weight excluding hydrogens is 378 g/mol. The number of aliphatic hydroxyl groups is 1. The molecule has 7 nitrogen and oxygen atoms in total. The lowest BCUT2D eigenvalue weighted by atomic mass is 10.1. The summed E-state index contributed by atoms with van der Waals surface area (Å²) in [7, 11) is 1.57. The predicted molar refractivity (Wildman–Crippen MR) is 116 cm³/mol. The van der Waals surface area contributed by atoms with Gasteiger partial charge in [-0.15, -0.1) is 0 Å². The van der Waals surface area contributed by atoms with E-state index in [0.29, 0.717) is 23.4 Å². The van der Waals surface area contributed by atoms with Crippen molar-refractivity contribution < 1.29 is 9.90 Å². The van der Waals surface area contributed by atoms with Gasteiger partial charge in [0.05, 0.1) is 18.3 Å². The van der Waals surface area contributed by atoms with Crippen molar-refractivity contribution in [2.45, 2.75) is 12.5 Å². The van der Waals surface area contributed by atoms with Gasteiger partial charge in [0, 0.05) is 24.9 Å². The summed E-state index contributed by atoms with van der Waals surface area (Å²) in [4.78, 5) is 16.9. The van der Waals surface area contributed by atoms with Crippen LogP contribution in [-0.4, -0.2) is 45.3 Å². The van der Waals surface area contributed by atoms with Gasteiger partial charge in [-0.05, 0) is 12.0 Å². The largest absolute Gasteiger partial charge is 0.394 e. The van der Waals surface area contributed by atoms with Gasteiger partial charge < -0.3 is 15.7 Å². The fourth-order valence-corrected chi connectivity index (χ4v) is 3.38. The van der Waals surface area contributed by atoms with Crippen molar-refractivity contribution in [3.63, 3.8) is 0 Å². The molecule has 1 amide bonds. The number of nitrogens with one attached hydrogen (secondary N) is 2. The number of hydrogen-bond donors (Lipinski definition) is 3. The van der Waals surface area contributed by atoms with E-state index in [4.69, 9.17) is 0 Å². The molecule has 0 aliphatic rings. The van der Waals surface area contributed by atoms with Gasteiger partial charge in [-0.1, -0.05) is 60.7 Å². The highest BCUT2D eigenvalue weighted by Crippen LogP contribution is 2.24. The molecule has 4 aromatic rings. The molecule has 2 aromatic carbocycles. The molecule has 0 fully saturated rings. The van der Waals surface area contributed by atoms with E-state index in [0.717, 1.165) is 16.8 Å². The second-order valence-corrected chi connectivity index (χ2v) is 6.98. The Bertz CT molecular complexity index is 1140. The van der Waals surface area contributed by atoms with Gasteiger partial charge in [0.15, 0.2) is 5.65 Å². The molecule has 4 rings (SSSR count). The standard InChI is InChI=1S/C23H23N5O2/c1-24-23(30)19-14-25-21-13-20(17-10-6-3-7-11-17)27-28(21)22(19)26-18(15-29)12-16-8-4-2-5-9-16/h2-11,13-14,18,26,29H,12,15H2,1H3,(H,24,30). The minimum absolute atomic E-state index is 0.0985. The van der Waals surface area contributed by atoms with E-state index < -0.39 is 0 Å². The molecule has 7 heteroatoms. The van der Waals surface area contributed by atoms with E-state index in [-0.39, 0.29) is 18.6 Å². The number of fused-ring (bicyclic) bond motifs is 1. The maximum Gasteiger partial charge on any atom is 0.256 e. The highest BCUT2D eigenvalue weighted by molar-refractivity contribution is 5.98. The normalized spacial score (nSPS) is 11.9. The molecule has 30 heavy (non-hydrogen) atoms. The topological polar surface area (TPSA) is 91.6 Å². The van der Waals surface area contributed by atoms with Crippen molar-refractivity contribution in [1.29, 1.82) is 0 Å². The third kappa shape index (κ3) is 4.01. The molecule has 1 unspecified atom stereocenters. The predicted octanol–water partition coefficient (Wildman–Crippen LogP) is 2.77. The number of aliphatic hydroxyl groups excluding tert-OH is 1. The number of amides is 1. The third-order valence-corrected chi connectivity index (χ3v) is 4.91. The van der Waals surface area contributed by atoms with Gasteiger partial charge in [-0.25, -0.2) is 4.98 Å². The van der Waals surface area contributed by atoms with E-state index in [1.54, 1.807) is 11.6 Å². The number of rotatable bonds is 7. The number of carbonyl (C=O) groups is 1. The lowest BCUT2D eigenvalue weighted by Crippen LogP contribution is -2.30. The van der Waals surface area contributed by atoms with Crippen LogP contribution in [0.3, 0.4) is 0 Å².